The molecule has 2 amide bonds. The minimum atomic E-state index is -0.329. The van der Waals surface area contributed by atoms with Gasteiger partial charge in [0.05, 0.1) is 0 Å². The monoisotopic (exact) mass is 266 g/mol. The molecule has 0 aromatic heterocycles. The number of urea groups is 1. The number of carbonyl (C=O) groups excluding carboxylic acids is 1. The topological polar surface area (TPSA) is 61.4 Å². The van der Waals surface area contributed by atoms with Crippen LogP contribution in [0.15, 0.2) is 30.5 Å². The number of unbranched alkanes of at least 4 members (excludes halogenated alkanes) is 2. The van der Waals surface area contributed by atoms with Gasteiger partial charge in [0.25, 0.3) is 0 Å². The van der Waals surface area contributed by atoms with Crippen LogP contribution >= 0.6 is 0 Å². The van der Waals surface area contributed by atoms with E-state index in [1.165, 1.54) is 18.3 Å². The first-order valence-electron chi connectivity index (χ1n) is 6.30. The molecule has 0 heterocycles. The van der Waals surface area contributed by atoms with E-state index in [0.29, 0.717) is 12.1 Å². The number of aliphatic hydroxyl groups excluding tert-OH is 1. The van der Waals surface area contributed by atoms with Crippen LogP contribution in [0.4, 0.5) is 9.18 Å². The van der Waals surface area contributed by atoms with Gasteiger partial charge in [0, 0.05) is 24.9 Å². The van der Waals surface area contributed by atoms with Crippen LogP contribution in [0.1, 0.15) is 24.8 Å². The molecule has 0 saturated heterocycles. The Kier molecular flexibility index (Phi) is 7.27. The summed E-state index contributed by atoms with van der Waals surface area (Å²) in [5.74, 6) is -0.329. The summed E-state index contributed by atoms with van der Waals surface area (Å²) in [4.78, 5) is 11.3. The summed E-state index contributed by atoms with van der Waals surface area (Å²) in [6.45, 7) is 0.733. The number of amides is 2. The van der Waals surface area contributed by atoms with Gasteiger partial charge in [-0.15, -0.1) is 0 Å². The second kappa shape index (κ2) is 9.10. The summed E-state index contributed by atoms with van der Waals surface area (Å²) in [5, 5.41) is 13.8. The molecule has 0 fully saturated rings. The summed E-state index contributed by atoms with van der Waals surface area (Å²) in [5.41, 5.74) is 0.422. The van der Waals surface area contributed by atoms with Gasteiger partial charge in [0.15, 0.2) is 0 Å². The highest BCUT2D eigenvalue weighted by Gasteiger charge is 1.97. The van der Waals surface area contributed by atoms with Crippen molar-refractivity contribution in [2.75, 3.05) is 13.2 Å². The average molecular weight is 266 g/mol. The second-order valence-corrected chi connectivity index (χ2v) is 4.04. The van der Waals surface area contributed by atoms with Gasteiger partial charge in [-0.3, -0.25) is 0 Å². The van der Waals surface area contributed by atoms with Crippen LogP contribution in [0, 0.1) is 5.82 Å². The lowest BCUT2D eigenvalue weighted by atomic mass is 10.2. The number of hydrogen-bond acceptors (Lipinski definition) is 2. The van der Waals surface area contributed by atoms with E-state index in [1.807, 2.05) is 0 Å². The molecule has 1 aromatic rings. The van der Waals surface area contributed by atoms with Crippen molar-refractivity contribution in [1.82, 2.24) is 10.6 Å². The molecule has 1 rings (SSSR count). The first kappa shape index (κ1) is 15.2. The fraction of sp³-hybridized carbons (Fsp3) is 0.357. The number of benzene rings is 1. The summed E-state index contributed by atoms with van der Waals surface area (Å²) in [6, 6.07) is 6.00. The Balaban J connectivity index is 2.21. The molecular weight excluding hydrogens is 247 g/mol. The molecule has 0 radical (unpaired) electrons. The fourth-order valence-corrected chi connectivity index (χ4v) is 1.48. The molecular formula is C14H19FN2O2. The van der Waals surface area contributed by atoms with Gasteiger partial charge in [-0.2, -0.15) is 0 Å². The van der Waals surface area contributed by atoms with E-state index in [1.54, 1.807) is 18.2 Å². The number of nitrogens with one attached hydrogen (secondary N) is 2. The van der Waals surface area contributed by atoms with Gasteiger partial charge in [-0.1, -0.05) is 18.2 Å². The van der Waals surface area contributed by atoms with Crippen LogP contribution in [-0.2, 0) is 0 Å². The minimum absolute atomic E-state index is 0.178. The molecule has 0 saturated carbocycles. The Morgan fingerprint density at radius 1 is 1.26 bits per heavy atom. The third-order valence-electron chi connectivity index (χ3n) is 2.50. The molecule has 4 nitrogen and oxygen atoms in total. The molecule has 19 heavy (non-hydrogen) atoms. The van der Waals surface area contributed by atoms with Crippen molar-refractivity contribution in [1.29, 1.82) is 0 Å². The molecule has 0 atom stereocenters. The van der Waals surface area contributed by atoms with E-state index in [4.69, 9.17) is 5.11 Å². The van der Waals surface area contributed by atoms with Crippen molar-refractivity contribution >= 4 is 12.1 Å². The summed E-state index contributed by atoms with van der Waals surface area (Å²) in [6.07, 6.45) is 5.35. The predicted octanol–water partition coefficient (Wildman–Crippen LogP) is 2.26. The molecule has 0 unspecified atom stereocenters. The SMILES string of the molecule is O=C(N/C=C/c1ccccc1F)NCCCCCO. The van der Waals surface area contributed by atoms with Crippen molar-refractivity contribution in [3.8, 4) is 0 Å². The lowest BCUT2D eigenvalue weighted by molar-refractivity contribution is 0.243. The van der Waals surface area contributed by atoms with E-state index in [0.717, 1.165) is 19.3 Å². The lowest BCUT2D eigenvalue weighted by Gasteiger charge is -2.04. The highest BCUT2D eigenvalue weighted by Crippen LogP contribution is 2.07. The zero-order valence-corrected chi connectivity index (χ0v) is 10.7. The van der Waals surface area contributed by atoms with Gasteiger partial charge in [0.1, 0.15) is 5.82 Å². The van der Waals surface area contributed by atoms with Gasteiger partial charge >= 0.3 is 6.03 Å². The Bertz CT molecular complexity index is 422. The average Bonchev–Trinajstić information content (AvgIpc) is 2.41. The fourth-order valence-electron chi connectivity index (χ4n) is 1.48. The Morgan fingerprint density at radius 2 is 2.05 bits per heavy atom. The maximum absolute atomic E-state index is 13.2. The quantitative estimate of drug-likeness (QED) is 0.663. The molecule has 1 aromatic carbocycles. The van der Waals surface area contributed by atoms with Crippen LogP contribution in [0.3, 0.4) is 0 Å². The van der Waals surface area contributed by atoms with Gasteiger partial charge in [-0.25, -0.2) is 9.18 Å². The lowest BCUT2D eigenvalue weighted by Crippen LogP contribution is -2.32. The van der Waals surface area contributed by atoms with Gasteiger partial charge in [-0.05, 0) is 31.4 Å². The summed E-state index contributed by atoms with van der Waals surface area (Å²) >= 11 is 0. The van der Waals surface area contributed by atoms with Crippen LogP contribution in [-0.4, -0.2) is 24.3 Å². The number of carbonyl (C=O) groups is 1. The van der Waals surface area contributed by atoms with Crippen LogP contribution in [0.5, 0.6) is 0 Å². The van der Waals surface area contributed by atoms with Gasteiger partial charge < -0.3 is 15.7 Å². The van der Waals surface area contributed by atoms with Crippen molar-refractivity contribution < 1.29 is 14.3 Å². The van der Waals surface area contributed by atoms with Crippen LogP contribution in [0.2, 0.25) is 0 Å². The zero-order valence-electron chi connectivity index (χ0n) is 10.7. The molecule has 0 spiro atoms. The van der Waals surface area contributed by atoms with Crippen molar-refractivity contribution in [2.24, 2.45) is 0 Å². The van der Waals surface area contributed by atoms with E-state index in [9.17, 15) is 9.18 Å². The molecule has 0 aliphatic carbocycles. The second-order valence-electron chi connectivity index (χ2n) is 4.04. The molecule has 0 aliphatic rings. The van der Waals surface area contributed by atoms with E-state index < -0.39 is 0 Å². The normalized spacial score (nSPS) is 10.6. The Hall–Kier alpha value is -1.88. The maximum Gasteiger partial charge on any atom is 0.318 e. The molecule has 0 aliphatic heterocycles. The smallest absolute Gasteiger partial charge is 0.318 e. The first-order valence-corrected chi connectivity index (χ1v) is 6.30. The summed E-state index contributed by atoms with van der Waals surface area (Å²) < 4.78 is 13.2. The molecule has 0 bridgehead atoms. The largest absolute Gasteiger partial charge is 0.396 e. The Labute approximate surface area is 112 Å². The van der Waals surface area contributed by atoms with Crippen molar-refractivity contribution in [2.45, 2.75) is 19.3 Å². The number of hydrogen-bond donors (Lipinski definition) is 3. The minimum Gasteiger partial charge on any atom is -0.396 e. The third kappa shape index (κ3) is 6.57. The summed E-state index contributed by atoms with van der Waals surface area (Å²) in [7, 11) is 0. The third-order valence-corrected chi connectivity index (χ3v) is 2.50. The van der Waals surface area contributed by atoms with Crippen LogP contribution < -0.4 is 10.6 Å². The molecule has 104 valence electrons. The van der Waals surface area contributed by atoms with Crippen molar-refractivity contribution in [3.63, 3.8) is 0 Å². The first-order chi connectivity index (χ1) is 9.24. The zero-order chi connectivity index (χ0) is 13.9. The number of rotatable bonds is 7. The van der Waals surface area contributed by atoms with E-state index in [2.05, 4.69) is 10.6 Å². The number of halogens is 1. The predicted molar refractivity (Wildman–Crippen MR) is 72.9 cm³/mol. The standard InChI is InChI=1S/C14H19FN2O2/c15-13-7-3-2-6-12(13)8-10-17-14(19)16-9-4-1-5-11-18/h2-3,6-8,10,18H,1,4-5,9,11H2,(H2,16,17,19)/b10-8+. The molecule has 5 heteroatoms. The number of aliphatic hydroxyl groups is 1. The van der Waals surface area contributed by atoms with Gasteiger partial charge in [0.2, 0.25) is 0 Å². The molecule has 3 N–H and O–H groups in total. The maximum atomic E-state index is 13.2. The van der Waals surface area contributed by atoms with Crippen LogP contribution in [0.25, 0.3) is 6.08 Å². The highest BCUT2D eigenvalue weighted by atomic mass is 19.1. The highest BCUT2D eigenvalue weighted by molar-refractivity contribution is 5.75. The van der Waals surface area contributed by atoms with E-state index >= 15 is 0 Å². The van der Waals surface area contributed by atoms with E-state index in [-0.39, 0.29) is 18.5 Å². The van der Waals surface area contributed by atoms with Crippen molar-refractivity contribution in [3.05, 3.63) is 41.8 Å². The Morgan fingerprint density at radius 3 is 2.79 bits per heavy atom.